The monoisotopic (exact) mass is 402 g/mol. The second-order valence-corrected chi connectivity index (χ2v) is 7.80. The van der Waals surface area contributed by atoms with Crippen molar-refractivity contribution in [2.24, 2.45) is 5.92 Å². The summed E-state index contributed by atoms with van der Waals surface area (Å²) in [4.78, 5) is 31.2. The predicted octanol–water partition coefficient (Wildman–Crippen LogP) is 2.10. The van der Waals surface area contributed by atoms with Crippen molar-refractivity contribution in [2.45, 2.75) is 26.7 Å². The molecule has 160 valence electrons. The molecule has 0 aliphatic carbocycles. The number of ether oxygens (including phenoxy) is 1. The molecule has 7 nitrogen and oxygen atoms in total. The van der Waals surface area contributed by atoms with Gasteiger partial charge in [-0.2, -0.15) is 0 Å². The number of para-hydroxylation sites is 1. The number of likely N-dealkylation sites (N-methyl/N-ethyl adjacent to an activating group) is 1. The highest BCUT2D eigenvalue weighted by Crippen LogP contribution is 2.21. The Labute approximate surface area is 174 Å². The zero-order valence-electron chi connectivity index (χ0n) is 17.7. The Morgan fingerprint density at radius 1 is 1.10 bits per heavy atom. The van der Waals surface area contributed by atoms with E-state index >= 15 is 0 Å². The number of benzene rings is 1. The Bertz CT molecular complexity index is 682. The van der Waals surface area contributed by atoms with Crippen LogP contribution < -0.4 is 10.2 Å². The first-order valence-electron chi connectivity index (χ1n) is 10.8. The maximum atomic E-state index is 12.6. The molecule has 0 saturated carbocycles. The lowest BCUT2D eigenvalue weighted by atomic mass is 9.95. The molecule has 0 radical (unpaired) electrons. The van der Waals surface area contributed by atoms with Gasteiger partial charge in [-0.15, -0.1) is 0 Å². The Morgan fingerprint density at radius 2 is 1.79 bits per heavy atom. The lowest BCUT2D eigenvalue weighted by Crippen LogP contribution is -2.50. The number of piperidine rings is 1. The molecular weight excluding hydrogens is 368 g/mol. The summed E-state index contributed by atoms with van der Waals surface area (Å²) in [5, 5.41) is 3.05. The average molecular weight is 403 g/mol. The zero-order chi connectivity index (χ0) is 20.6. The lowest BCUT2D eigenvalue weighted by Gasteiger charge is -2.35. The van der Waals surface area contributed by atoms with Crippen molar-refractivity contribution in [1.82, 2.24) is 15.1 Å². The molecule has 2 saturated heterocycles. The largest absolute Gasteiger partial charge is 0.378 e. The van der Waals surface area contributed by atoms with Gasteiger partial charge in [0.25, 0.3) is 0 Å². The van der Waals surface area contributed by atoms with Gasteiger partial charge in [0.05, 0.1) is 13.2 Å². The van der Waals surface area contributed by atoms with Gasteiger partial charge in [-0.1, -0.05) is 18.2 Å². The van der Waals surface area contributed by atoms with E-state index in [1.807, 2.05) is 21.9 Å². The van der Waals surface area contributed by atoms with Gasteiger partial charge in [-0.25, -0.2) is 4.79 Å². The molecule has 3 rings (SSSR count). The van der Waals surface area contributed by atoms with Crippen LogP contribution in [0.3, 0.4) is 0 Å². The van der Waals surface area contributed by atoms with E-state index in [0.717, 1.165) is 25.9 Å². The minimum absolute atomic E-state index is 0.0249. The number of anilines is 1. The molecule has 2 heterocycles. The number of carbonyl (C=O) groups is 2. The molecule has 0 bridgehead atoms. The fraction of sp³-hybridized carbons (Fsp3) is 0.636. The van der Waals surface area contributed by atoms with Crippen molar-refractivity contribution in [1.29, 1.82) is 0 Å². The van der Waals surface area contributed by atoms with Gasteiger partial charge in [0.1, 0.15) is 0 Å². The summed E-state index contributed by atoms with van der Waals surface area (Å²) in [6.07, 6.45) is 1.49. The fourth-order valence-electron chi connectivity index (χ4n) is 4.15. The minimum atomic E-state index is -0.0249. The number of carbonyl (C=O) groups excluding carboxylic acids is 2. The summed E-state index contributed by atoms with van der Waals surface area (Å²) in [6, 6.07) is 8.30. The number of likely N-dealkylation sites (tertiary alicyclic amines) is 1. The molecule has 2 aliphatic rings. The third kappa shape index (κ3) is 5.63. The lowest BCUT2D eigenvalue weighted by molar-refractivity contribution is -0.141. The van der Waals surface area contributed by atoms with Crippen LogP contribution in [0.1, 0.15) is 25.3 Å². The third-order valence-corrected chi connectivity index (χ3v) is 5.95. The summed E-state index contributed by atoms with van der Waals surface area (Å²) in [6.45, 7) is 10.4. The van der Waals surface area contributed by atoms with E-state index in [4.69, 9.17) is 4.74 Å². The second kappa shape index (κ2) is 10.5. The van der Waals surface area contributed by atoms with Gasteiger partial charge in [-0.3, -0.25) is 4.79 Å². The molecule has 0 unspecified atom stereocenters. The van der Waals surface area contributed by atoms with Crippen LogP contribution in [0, 0.1) is 12.8 Å². The van der Waals surface area contributed by atoms with Crippen molar-refractivity contribution >= 4 is 17.6 Å². The van der Waals surface area contributed by atoms with E-state index in [1.165, 1.54) is 11.3 Å². The number of hydrogen-bond acceptors (Lipinski definition) is 4. The van der Waals surface area contributed by atoms with Crippen LogP contribution in [-0.2, 0) is 9.53 Å². The highest BCUT2D eigenvalue weighted by atomic mass is 16.5. The summed E-state index contributed by atoms with van der Waals surface area (Å²) in [7, 11) is 0. The molecule has 29 heavy (non-hydrogen) atoms. The Balaban J connectivity index is 1.40. The van der Waals surface area contributed by atoms with Crippen LogP contribution in [0.5, 0.6) is 0 Å². The van der Waals surface area contributed by atoms with Crippen LogP contribution in [-0.4, -0.2) is 80.8 Å². The Hall–Kier alpha value is -2.28. The topological polar surface area (TPSA) is 65.1 Å². The van der Waals surface area contributed by atoms with Crippen LogP contribution in [0.2, 0.25) is 0 Å². The maximum absolute atomic E-state index is 12.6. The average Bonchev–Trinajstić information content (AvgIpc) is 2.77. The van der Waals surface area contributed by atoms with E-state index in [-0.39, 0.29) is 17.9 Å². The molecule has 0 atom stereocenters. The number of rotatable bonds is 6. The predicted molar refractivity (Wildman–Crippen MR) is 114 cm³/mol. The van der Waals surface area contributed by atoms with Gasteiger partial charge in [0.15, 0.2) is 0 Å². The molecule has 2 aliphatic heterocycles. The van der Waals surface area contributed by atoms with Gasteiger partial charge in [0, 0.05) is 57.4 Å². The fourth-order valence-corrected chi connectivity index (χ4v) is 4.15. The molecule has 7 heteroatoms. The second-order valence-electron chi connectivity index (χ2n) is 7.80. The van der Waals surface area contributed by atoms with Crippen molar-refractivity contribution in [3.05, 3.63) is 29.8 Å². The maximum Gasteiger partial charge on any atom is 0.317 e. The Morgan fingerprint density at radius 3 is 2.45 bits per heavy atom. The molecule has 1 N–H and O–H groups in total. The molecule has 2 fully saturated rings. The van der Waals surface area contributed by atoms with E-state index in [0.29, 0.717) is 45.9 Å². The summed E-state index contributed by atoms with van der Waals surface area (Å²) in [5.74, 6) is 0.263. The number of amides is 3. The quantitative estimate of drug-likeness (QED) is 0.792. The van der Waals surface area contributed by atoms with Crippen LogP contribution in [0.25, 0.3) is 0 Å². The van der Waals surface area contributed by atoms with Gasteiger partial charge >= 0.3 is 6.03 Å². The number of nitrogens with one attached hydrogen (secondary N) is 1. The number of urea groups is 1. The van der Waals surface area contributed by atoms with Crippen LogP contribution in [0.4, 0.5) is 10.5 Å². The molecular formula is C22H34N4O3. The molecule has 1 aromatic rings. The highest BCUT2D eigenvalue weighted by Gasteiger charge is 2.30. The van der Waals surface area contributed by atoms with E-state index < -0.39 is 0 Å². The smallest absolute Gasteiger partial charge is 0.317 e. The first kappa shape index (κ1) is 21.4. The summed E-state index contributed by atoms with van der Waals surface area (Å²) >= 11 is 0. The number of nitrogens with zero attached hydrogens (tertiary/aromatic N) is 3. The van der Waals surface area contributed by atoms with E-state index in [1.54, 1.807) is 0 Å². The SMILES string of the molecule is CCN(CCNC(=O)N1CCC(C(=O)N2CCOCC2)CC1)c1ccccc1C. The Kier molecular flexibility index (Phi) is 7.75. The zero-order valence-corrected chi connectivity index (χ0v) is 17.7. The molecule has 0 aromatic heterocycles. The molecule has 0 spiro atoms. The first-order chi connectivity index (χ1) is 14.1. The van der Waals surface area contributed by atoms with Crippen LogP contribution >= 0.6 is 0 Å². The van der Waals surface area contributed by atoms with E-state index in [9.17, 15) is 9.59 Å². The number of morpholine rings is 1. The van der Waals surface area contributed by atoms with Gasteiger partial charge < -0.3 is 24.8 Å². The summed E-state index contributed by atoms with van der Waals surface area (Å²) in [5.41, 5.74) is 2.46. The van der Waals surface area contributed by atoms with Gasteiger partial charge in [0.2, 0.25) is 5.91 Å². The van der Waals surface area contributed by atoms with Crippen molar-refractivity contribution in [2.75, 3.05) is 63.9 Å². The van der Waals surface area contributed by atoms with Crippen molar-refractivity contribution in [3.8, 4) is 0 Å². The standard InChI is InChI=1S/C22H34N4O3/c1-3-24(20-7-5-4-6-18(20)2)13-10-23-22(28)26-11-8-19(9-12-26)21(27)25-14-16-29-17-15-25/h4-7,19H,3,8-17H2,1-2H3,(H,23,28). The normalized spacial score (nSPS) is 17.9. The number of aryl methyl sites for hydroxylation is 1. The number of hydrogen-bond donors (Lipinski definition) is 1. The summed E-state index contributed by atoms with van der Waals surface area (Å²) < 4.78 is 5.32. The van der Waals surface area contributed by atoms with Crippen molar-refractivity contribution in [3.63, 3.8) is 0 Å². The van der Waals surface area contributed by atoms with Crippen LogP contribution in [0.15, 0.2) is 24.3 Å². The first-order valence-corrected chi connectivity index (χ1v) is 10.8. The molecule has 3 amide bonds. The third-order valence-electron chi connectivity index (χ3n) is 5.95. The van der Waals surface area contributed by atoms with E-state index in [2.05, 4.69) is 36.2 Å². The van der Waals surface area contributed by atoms with Crippen molar-refractivity contribution < 1.29 is 14.3 Å². The molecule has 1 aromatic carbocycles. The van der Waals surface area contributed by atoms with Gasteiger partial charge in [-0.05, 0) is 38.3 Å². The highest BCUT2D eigenvalue weighted by molar-refractivity contribution is 5.80. The minimum Gasteiger partial charge on any atom is -0.378 e.